The fraction of sp³-hybridized carbons (Fsp3) is 0.333. The van der Waals surface area contributed by atoms with Gasteiger partial charge in [0.25, 0.3) is 5.91 Å². The van der Waals surface area contributed by atoms with Gasteiger partial charge in [0.05, 0.1) is 6.04 Å². The molecule has 1 aromatic rings. The first-order valence-electron chi connectivity index (χ1n) is 6.39. The SMILES string of the molecule is CC[C@H](C)C1NC(=O)c2ccccc2/C1=C\C(=O)O. The maximum atomic E-state index is 12.1. The molecule has 0 fully saturated rings. The lowest BCUT2D eigenvalue weighted by Gasteiger charge is -2.32. The van der Waals surface area contributed by atoms with E-state index in [0.29, 0.717) is 11.1 Å². The van der Waals surface area contributed by atoms with Crippen LogP contribution in [0.1, 0.15) is 36.2 Å². The van der Waals surface area contributed by atoms with Crippen LogP contribution in [0.2, 0.25) is 0 Å². The highest BCUT2D eigenvalue weighted by Gasteiger charge is 2.31. The van der Waals surface area contributed by atoms with Gasteiger partial charge in [-0.3, -0.25) is 4.79 Å². The lowest BCUT2D eigenvalue weighted by molar-refractivity contribution is -0.131. The van der Waals surface area contributed by atoms with Crippen molar-refractivity contribution in [2.45, 2.75) is 26.3 Å². The largest absolute Gasteiger partial charge is 0.478 e. The van der Waals surface area contributed by atoms with Crippen LogP contribution in [-0.4, -0.2) is 23.0 Å². The number of carboxylic acid groups (broad SMARTS) is 1. The fourth-order valence-electron chi connectivity index (χ4n) is 2.38. The molecule has 2 rings (SSSR count). The third-order valence-corrected chi connectivity index (χ3v) is 3.60. The minimum atomic E-state index is -0.991. The number of benzene rings is 1. The third kappa shape index (κ3) is 2.52. The minimum Gasteiger partial charge on any atom is -0.478 e. The number of nitrogens with one attached hydrogen (secondary N) is 1. The van der Waals surface area contributed by atoms with E-state index in [-0.39, 0.29) is 17.9 Å². The van der Waals surface area contributed by atoms with Crippen LogP contribution in [0.4, 0.5) is 0 Å². The van der Waals surface area contributed by atoms with Gasteiger partial charge >= 0.3 is 5.97 Å². The van der Waals surface area contributed by atoms with E-state index in [2.05, 4.69) is 5.32 Å². The van der Waals surface area contributed by atoms with E-state index in [9.17, 15) is 9.59 Å². The van der Waals surface area contributed by atoms with E-state index >= 15 is 0 Å². The van der Waals surface area contributed by atoms with Gasteiger partial charge in [-0.05, 0) is 23.1 Å². The number of fused-ring (bicyclic) bond motifs is 1. The highest BCUT2D eigenvalue weighted by Crippen LogP contribution is 2.31. The summed E-state index contributed by atoms with van der Waals surface area (Å²) in [5.41, 5.74) is 1.94. The van der Waals surface area contributed by atoms with Crippen molar-refractivity contribution in [2.24, 2.45) is 5.92 Å². The van der Waals surface area contributed by atoms with Gasteiger partial charge in [-0.2, -0.15) is 0 Å². The molecule has 1 aliphatic rings. The molecule has 0 spiro atoms. The van der Waals surface area contributed by atoms with Crippen molar-refractivity contribution < 1.29 is 14.7 Å². The third-order valence-electron chi connectivity index (χ3n) is 3.60. The molecule has 0 saturated heterocycles. The van der Waals surface area contributed by atoms with Crippen molar-refractivity contribution in [2.75, 3.05) is 0 Å². The van der Waals surface area contributed by atoms with Gasteiger partial charge in [0, 0.05) is 11.6 Å². The predicted molar refractivity (Wildman–Crippen MR) is 72.8 cm³/mol. The zero-order valence-electron chi connectivity index (χ0n) is 11.0. The van der Waals surface area contributed by atoms with E-state index in [1.54, 1.807) is 18.2 Å². The summed E-state index contributed by atoms with van der Waals surface area (Å²) < 4.78 is 0. The highest BCUT2D eigenvalue weighted by molar-refractivity contribution is 6.06. The molecule has 1 aliphatic heterocycles. The summed E-state index contributed by atoms with van der Waals surface area (Å²) in [7, 11) is 0. The number of hydrogen-bond donors (Lipinski definition) is 2. The topological polar surface area (TPSA) is 66.4 Å². The minimum absolute atomic E-state index is 0.136. The zero-order chi connectivity index (χ0) is 14.0. The van der Waals surface area contributed by atoms with E-state index in [1.807, 2.05) is 19.9 Å². The van der Waals surface area contributed by atoms with Crippen LogP contribution >= 0.6 is 0 Å². The molecule has 1 aromatic carbocycles. The summed E-state index contributed by atoms with van der Waals surface area (Å²) in [6.45, 7) is 4.03. The molecular formula is C15H17NO3. The summed E-state index contributed by atoms with van der Waals surface area (Å²) in [4.78, 5) is 23.1. The number of aliphatic carboxylic acids is 1. The smallest absolute Gasteiger partial charge is 0.328 e. The van der Waals surface area contributed by atoms with Crippen molar-refractivity contribution in [3.8, 4) is 0 Å². The summed E-state index contributed by atoms with van der Waals surface area (Å²) >= 11 is 0. The Bertz CT molecular complexity index is 548. The molecule has 1 unspecified atom stereocenters. The molecule has 4 heteroatoms. The second-order valence-corrected chi connectivity index (χ2v) is 4.82. The van der Waals surface area contributed by atoms with E-state index in [1.165, 1.54) is 6.08 Å². The molecule has 0 aliphatic carbocycles. The van der Waals surface area contributed by atoms with E-state index in [4.69, 9.17) is 5.11 Å². The Hall–Kier alpha value is -2.10. The van der Waals surface area contributed by atoms with Crippen LogP contribution < -0.4 is 5.32 Å². The van der Waals surface area contributed by atoms with Crippen LogP contribution in [-0.2, 0) is 4.79 Å². The van der Waals surface area contributed by atoms with Gasteiger partial charge in [0.2, 0.25) is 0 Å². The first-order chi connectivity index (χ1) is 9.04. The van der Waals surface area contributed by atoms with Gasteiger partial charge < -0.3 is 10.4 Å². The highest BCUT2D eigenvalue weighted by atomic mass is 16.4. The lowest BCUT2D eigenvalue weighted by Crippen LogP contribution is -2.44. The van der Waals surface area contributed by atoms with Crippen molar-refractivity contribution in [3.05, 3.63) is 41.5 Å². The number of rotatable bonds is 3. The summed E-state index contributed by atoms with van der Waals surface area (Å²) in [5.74, 6) is -0.944. The number of amides is 1. The Kier molecular flexibility index (Phi) is 3.69. The standard InChI is InChI=1S/C15H17NO3/c1-3-9(2)14-12(8-13(17)18)10-6-4-5-7-11(10)15(19)16-14/h4-9,14H,3H2,1-2H3,(H,16,19)(H,17,18)/b12-8+/t9-,14?/m0/s1. The van der Waals surface area contributed by atoms with Crippen LogP contribution in [0.15, 0.2) is 30.3 Å². The molecule has 2 atom stereocenters. The molecular weight excluding hydrogens is 242 g/mol. The van der Waals surface area contributed by atoms with Crippen molar-refractivity contribution >= 4 is 17.4 Å². The Morgan fingerprint density at radius 1 is 1.42 bits per heavy atom. The molecule has 19 heavy (non-hydrogen) atoms. The van der Waals surface area contributed by atoms with E-state index in [0.717, 1.165) is 12.0 Å². The maximum absolute atomic E-state index is 12.1. The van der Waals surface area contributed by atoms with Gasteiger partial charge in [-0.15, -0.1) is 0 Å². The number of carboxylic acids is 1. The summed E-state index contributed by atoms with van der Waals surface area (Å²) in [6.07, 6.45) is 2.07. The number of hydrogen-bond acceptors (Lipinski definition) is 2. The van der Waals surface area contributed by atoms with Crippen LogP contribution in [0.25, 0.3) is 5.57 Å². The maximum Gasteiger partial charge on any atom is 0.328 e. The second-order valence-electron chi connectivity index (χ2n) is 4.82. The Labute approximate surface area is 112 Å². The van der Waals surface area contributed by atoms with Gasteiger partial charge in [-0.25, -0.2) is 4.79 Å². The Balaban J connectivity index is 2.57. The van der Waals surface area contributed by atoms with Gasteiger partial charge in [0.1, 0.15) is 0 Å². The average molecular weight is 259 g/mol. The number of carbonyl (C=O) groups excluding carboxylic acids is 1. The van der Waals surface area contributed by atoms with Crippen LogP contribution in [0.3, 0.4) is 0 Å². The molecule has 1 amide bonds. The van der Waals surface area contributed by atoms with Crippen molar-refractivity contribution in [1.29, 1.82) is 0 Å². The van der Waals surface area contributed by atoms with Crippen LogP contribution in [0, 0.1) is 5.92 Å². The molecule has 2 N–H and O–H groups in total. The average Bonchev–Trinajstić information content (AvgIpc) is 2.40. The molecule has 0 bridgehead atoms. The quantitative estimate of drug-likeness (QED) is 0.819. The van der Waals surface area contributed by atoms with Gasteiger partial charge in [0.15, 0.2) is 0 Å². The summed E-state index contributed by atoms with van der Waals surface area (Å²) in [5, 5.41) is 11.9. The monoisotopic (exact) mass is 259 g/mol. The van der Waals surface area contributed by atoms with Gasteiger partial charge in [-0.1, -0.05) is 38.5 Å². The Morgan fingerprint density at radius 2 is 2.05 bits per heavy atom. The lowest BCUT2D eigenvalue weighted by atomic mass is 9.82. The number of carbonyl (C=O) groups is 2. The van der Waals surface area contributed by atoms with Crippen molar-refractivity contribution in [3.63, 3.8) is 0 Å². The summed E-state index contributed by atoms with van der Waals surface area (Å²) in [6, 6.07) is 6.87. The van der Waals surface area contributed by atoms with E-state index < -0.39 is 5.97 Å². The molecule has 1 heterocycles. The predicted octanol–water partition coefficient (Wildman–Crippen LogP) is 2.31. The molecule has 0 saturated carbocycles. The zero-order valence-corrected chi connectivity index (χ0v) is 11.0. The molecule has 0 radical (unpaired) electrons. The normalized spacial score (nSPS) is 21.7. The fourth-order valence-corrected chi connectivity index (χ4v) is 2.38. The second kappa shape index (κ2) is 5.26. The first-order valence-corrected chi connectivity index (χ1v) is 6.39. The van der Waals surface area contributed by atoms with Crippen molar-refractivity contribution in [1.82, 2.24) is 5.32 Å². The molecule has 4 nitrogen and oxygen atoms in total. The first kappa shape index (κ1) is 13.3. The molecule has 0 aromatic heterocycles. The molecule has 100 valence electrons. The van der Waals surface area contributed by atoms with Crippen LogP contribution in [0.5, 0.6) is 0 Å². The Morgan fingerprint density at radius 3 is 2.63 bits per heavy atom.